The molecular weight excluding hydrogens is 368 g/mol. The van der Waals surface area contributed by atoms with Crippen LogP contribution in [-0.2, 0) is 10.0 Å². The molecule has 0 fully saturated rings. The summed E-state index contributed by atoms with van der Waals surface area (Å²) in [7, 11) is 0.623. The molecule has 8 heteroatoms. The summed E-state index contributed by atoms with van der Waals surface area (Å²) < 4.78 is 37.0. The van der Waals surface area contributed by atoms with Gasteiger partial charge in [0, 0.05) is 19.8 Å². The average Bonchev–Trinajstić information content (AvgIpc) is 2.62. The number of carbonyl (C=O) groups is 1. The van der Waals surface area contributed by atoms with Crippen molar-refractivity contribution in [1.29, 1.82) is 0 Å². The molecule has 0 atom stereocenters. The fourth-order valence-corrected chi connectivity index (χ4v) is 3.51. The van der Waals surface area contributed by atoms with Gasteiger partial charge in [0.25, 0.3) is 5.91 Å². The highest BCUT2D eigenvalue weighted by atomic mass is 32.2. The second kappa shape index (κ2) is 8.41. The van der Waals surface area contributed by atoms with Gasteiger partial charge in [0.15, 0.2) is 0 Å². The molecule has 0 aromatic heterocycles. The van der Waals surface area contributed by atoms with Crippen LogP contribution in [0.2, 0.25) is 0 Å². The Morgan fingerprint density at radius 3 is 2.37 bits per heavy atom. The second-order valence-corrected chi connectivity index (χ2v) is 8.16. The van der Waals surface area contributed by atoms with E-state index in [1.165, 1.54) is 33.3 Å². The fraction of sp³-hybridized carbons (Fsp3) is 0.316. The molecule has 0 saturated heterocycles. The number of nitrogens with one attached hydrogen (secondary N) is 1. The monoisotopic (exact) mass is 392 g/mol. The summed E-state index contributed by atoms with van der Waals surface area (Å²) in [5, 5.41) is 2.72. The molecule has 0 radical (unpaired) electrons. The number of amides is 1. The topological polar surface area (TPSA) is 84.9 Å². The highest BCUT2D eigenvalue weighted by molar-refractivity contribution is 7.89. The first kappa shape index (κ1) is 20.7. The third kappa shape index (κ3) is 4.58. The van der Waals surface area contributed by atoms with E-state index in [1.807, 2.05) is 13.0 Å². The van der Waals surface area contributed by atoms with Gasteiger partial charge in [-0.15, -0.1) is 0 Å². The van der Waals surface area contributed by atoms with E-state index < -0.39 is 15.9 Å². The Bertz CT molecular complexity index is 939. The molecule has 0 heterocycles. The van der Waals surface area contributed by atoms with Gasteiger partial charge in [0.2, 0.25) is 10.0 Å². The Balaban J connectivity index is 2.43. The van der Waals surface area contributed by atoms with Gasteiger partial charge in [0.1, 0.15) is 16.4 Å². The van der Waals surface area contributed by atoms with Crippen LogP contribution in [0, 0.1) is 6.92 Å². The molecule has 0 aliphatic carbocycles. The molecule has 0 saturated carbocycles. The summed E-state index contributed by atoms with van der Waals surface area (Å²) in [4.78, 5) is 12.7. The lowest BCUT2D eigenvalue weighted by Crippen LogP contribution is -2.23. The van der Waals surface area contributed by atoms with Crippen LogP contribution >= 0.6 is 0 Å². The summed E-state index contributed by atoms with van der Waals surface area (Å²) in [6, 6.07) is 9.78. The predicted molar refractivity (Wildman–Crippen MR) is 104 cm³/mol. The first-order chi connectivity index (χ1) is 12.7. The van der Waals surface area contributed by atoms with E-state index in [9.17, 15) is 13.2 Å². The molecule has 1 amide bonds. The van der Waals surface area contributed by atoms with Crippen molar-refractivity contribution in [3.8, 4) is 11.5 Å². The molecule has 0 aliphatic heterocycles. The van der Waals surface area contributed by atoms with Gasteiger partial charge in [-0.2, -0.15) is 0 Å². The molecular formula is C19H24N2O5S. The van der Waals surface area contributed by atoms with Crippen LogP contribution < -0.4 is 14.8 Å². The maximum atomic E-state index is 12.7. The van der Waals surface area contributed by atoms with Crippen LogP contribution in [0.25, 0.3) is 0 Å². The molecule has 2 rings (SSSR count). The van der Waals surface area contributed by atoms with E-state index in [1.54, 1.807) is 25.1 Å². The Labute approximate surface area is 160 Å². The number of methoxy groups -OCH3 is 1. The predicted octanol–water partition coefficient (Wildman–Crippen LogP) is 2.90. The Kier molecular flexibility index (Phi) is 6.45. The number of benzene rings is 2. The fourth-order valence-electron chi connectivity index (χ4n) is 2.46. The highest BCUT2D eigenvalue weighted by Gasteiger charge is 2.23. The molecule has 1 N–H and O–H groups in total. The summed E-state index contributed by atoms with van der Waals surface area (Å²) in [6.07, 6.45) is 0. The lowest BCUT2D eigenvalue weighted by molar-refractivity contribution is 0.102. The van der Waals surface area contributed by atoms with Gasteiger partial charge in [-0.05, 0) is 44.2 Å². The molecule has 2 aromatic rings. The zero-order chi connectivity index (χ0) is 20.2. The Morgan fingerprint density at radius 1 is 1.11 bits per heavy atom. The first-order valence-corrected chi connectivity index (χ1v) is 9.80. The van der Waals surface area contributed by atoms with E-state index in [2.05, 4.69) is 5.32 Å². The van der Waals surface area contributed by atoms with Gasteiger partial charge in [-0.1, -0.05) is 11.6 Å². The van der Waals surface area contributed by atoms with Crippen molar-refractivity contribution in [3.63, 3.8) is 0 Å². The summed E-state index contributed by atoms with van der Waals surface area (Å²) >= 11 is 0. The number of rotatable bonds is 7. The second-order valence-electron chi connectivity index (χ2n) is 6.04. The third-order valence-electron chi connectivity index (χ3n) is 3.86. The number of nitrogens with zero attached hydrogens (tertiary/aromatic N) is 1. The van der Waals surface area contributed by atoms with Crippen LogP contribution in [0.3, 0.4) is 0 Å². The molecule has 146 valence electrons. The smallest absolute Gasteiger partial charge is 0.259 e. The largest absolute Gasteiger partial charge is 0.496 e. The molecule has 2 aromatic carbocycles. The van der Waals surface area contributed by atoms with Gasteiger partial charge in [0.05, 0.1) is 19.3 Å². The van der Waals surface area contributed by atoms with Crippen molar-refractivity contribution >= 4 is 21.6 Å². The maximum absolute atomic E-state index is 12.7. The minimum atomic E-state index is -3.74. The number of aryl methyl sites for hydroxylation is 1. The number of sulfonamides is 1. The van der Waals surface area contributed by atoms with E-state index in [0.717, 1.165) is 9.87 Å². The van der Waals surface area contributed by atoms with E-state index >= 15 is 0 Å². The SMILES string of the molecule is CCOc1ccc(NC(=O)c2cc(C)ccc2OC)cc1S(=O)(=O)N(C)C. The zero-order valence-corrected chi connectivity index (χ0v) is 16.9. The van der Waals surface area contributed by atoms with Crippen LogP contribution in [0.5, 0.6) is 11.5 Å². The Morgan fingerprint density at radius 2 is 1.78 bits per heavy atom. The molecule has 0 spiro atoms. The molecule has 0 aliphatic rings. The zero-order valence-electron chi connectivity index (χ0n) is 16.1. The normalized spacial score (nSPS) is 11.3. The summed E-state index contributed by atoms with van der Waals surface area (Å²) in [5.41, 5.74) is 1.61. The van der Waals surface area contributed by atoms with E-state index in [0.29, 0.717) is 23.6 Å². The quantitative estimate of drug-likeness (QED) is 0.783. The maximum Gasteiger partial charge on any atom is 0.259 e. The number of carbonyl (C=O) groups excluding carboxylic acids is 1. The number of hydrogen-bond donors (Lipinski definition) is 1. The summed E-state index contributed by atoms with van der Waals surface area (Å²) in [5.74, 6) is 0.274. The first-order valence-electron chi connectivity index (χ1n) is 8.36. The lowest BCUT2D eigenvalue weighted by atomic mass is 10.1. The van der Waals surface area contributed by atoms with Crippen LogP contribution in [0.1, 0.15) is 22.8 Å². The lowest BCUT2D eigenvalue weighted by Gasteiger charge is -2.17. The van der Waals surface area contributed by atoms with E-state index in [-0.39, 0.29) is 10.6 Å². The standard InChI is InChI=1S/C19H24N2O5S/c1-6-26-17-10-8-14(12-18(17)27(23,24)21(3)4)20-19(22)15-11-13(2)7-9-16(15)25-5/h7-12H,6H2,1-5H3,(H,20,22). The van der Waals surface area contributed by atoms with Crippen LogP contribution in [0.15, 0.2) is 41.3 Å². The number of anilines is 1. The molecule has 0 unspecified atom stereocenters. The van der Waals surface area contributed by atoms with Crippen molar-refractivity contribution in [2.24, 2.45) is 0 Å². The van der Waals surface area contributed by atoms with Crippen LogP contribution in [-0.4, -0.2) is 46.4 Å². The minimum absolute atomic E-state index is 0.0108. The van der Waals surface area contributed by atoms with Gasteiger partial charge in [-0.3, -0.25) is 4.79 Å². The number of ether oxygens (including phenoxy) is 2. The van der Waals surface area contributed by atoms with E-state index in [4.69, 9.17) is 9.47 Å². The summed E-state index contributed by atoms with van der Waals surface area (Å²) in [6.45, 7) is 3.96. The van der Waals surface area contributed by atoms with Crippen molar-refractivity contribution in [3.05, 3.63) is 47.5 Å². The molecule has 27 heavy (non-hydrogen) atoms. The van der Waals surface area contributed by atoms with Crippen molar-refractivity contribution < 1.29 is 22.7 Å². The van der Waals surface area contributed by atoms with Crippen LogP contribution in [0.4, 0.5) is 5.69 Å². The average molecular weight is 392 g/mol. The van der Waals surface area contributed by atoms with Gasteiger partial charge >= 0.3 is 0 Å². The van der Waals surface area contributed by atoms with Crippen molar-refractivity contribution in [2.45, 2.75) is 18.7 Å². The van der Waals surface area contributed by atoms with Crippen molar-refractivity contribution in [2.75, 3.05) is 33.1 Å². The third-order valence-corrected chi connectivity index (χ3v) is 5.70. The number of hydrogen-bond acceptors (Lipinski definition) is 5. The van der Waals surface area contributed by atoms with Gasteiger partial charge in [-0.25, -0.2) is 12.7 Å². The molecule has 7 nitrogen and oxygen atoms in total. The highest BCUT2D eigenvalue weighted by Crippen LogP contribution is 2.30. The molecule has 0 bridgehead atoms. The van der Waals surface area contributed by atoms with Crippen molar-refractivity contribution in [1.82, 2.24) is 4.31 Å². The minimum Gasteiger partial charge on any atom is -0.496 e. The Hall–Kier alpha value is -2.58. The van der Waals surface area contributed by atoms with Gasteiger partial charge < -0.3 is 14.8 Å².